The minimum atomic E-state index is -0.297. The Morgan fingerprint density at radius 3 is 2.69 bits per heavy atom. The fraction of sp³-hybridized carbons (Fsp3) is 0.417. The first kappa shape index (κ1) is 10.8. The van der Waals surface area contributed by atoms with Crippen LogP contribution in [0.2, 0.25) is 0 Å². The molecule has 0 fully saturated rings. The standard InChI is InChI=1S/C12H14O4/c1-7-6-9-8(12(13)16-7)4-5-10(14-2)11(9)15-3/h4-5,7H,6H2,1-3H3. The van der Waals surface area contributed by atoms with Crippen molar-refractivity contribution in [2.45, 2.75) is 19.4 Å². The fourth-order valence-corrected chi connectivity index (χ4v) is 1.96. The van der Waals surface area contributed by atoms with Crippen LogP contribution in [-0.4, -0.2) is 26.3 Å². The van der Waals surface area contributed by atoms with E-state index in [0.717, 1.165) is 5.56 Å². The van der Waals surface area contributed by atoms with Gasteiger partial charge in [-0.15, -0.1) is 0 Å². The monoisotopic (exact) mass is 222 g/mol. The van der Waals surface area contributed by atoms with E-state index in [1.807, 2.05) is 6.92 Å². The van der Waals surface area contributed by atoms with Crippen LogP contribution in [0.1, 0.15) is 22.8 Å². The van der Waals surface area contributed by atoms with Crippen LogP contribution in [0.3, 0.4) is 0 Å². The van der Waals surface area contributed by atoms with E-state index in [-0.39, 0.29) is 12.1 Å². The Hall–Kier alpha value is -1.71. The summed E-state index contributed by atoms with van der Waals surface area (Å²) in [6.07, 6.45) is 0.530. The highest BCUT2D eigenvalue weighted by Gasteiger charge is 2.28. The van der Waals surface area contributed by atoms with E-state index < -0.39 is 0 Å². The van der Waals surface area contributed by atoms with E-state index in [2.05, 4.69) is 0 Å². The normalized spacial score (nSPS) is 18.7. The number of benzene rings is 1. The molecule has 1 aliphatic heterocycles. The van der Waals surface area contributed by atoms with Gasteiger partial charge in [0.2, 0.25) is 0 Å². The number of esters is 1. The maximum Gasteiger partial charge on any atom is 0.338 e. The van der Waals surface area contributed by atoms with Gasteiger partial charge in [-0.05, 0) is 19.1 Å². The van der Waals surface area contributed by atoms with E-state index in [9.17, 15) is 4.79 Å². The molecule has 1 aromatic rings. The molecule has 4 heteroatoms. The number of hydrogen-bond acceptors (Lipinski definition) is 4. The summed E-state index contributed by atoms with van der Waals surface area (Å²) in [5.41, 5.74) is 1.43. The van der Waals surface area contributed by atoms with Crippen LogP contribution in [0.15, 0.2) is 12.1 Å². The minimum Gasteiger partial charge on any atom is -0.493 e. The maximum atomic E-state index is 11.6. The van der Waals surface area contributed by atoms with E-state index in [1.54, 1.807) is 26.4 Å². The lowest BCUT2D eigenvalue weighted by Crippen LogP contribution is -2.25. The molecule has 0 saturated carbocycles. The third-order valence-corrected chi connectivity index (χ3v) is 2.67. The topological polar surface area (TPSA) is 44.8 Å². The van der Waals surface area contributed by atoms with Crippen molar-refractivity contribution in [2.24, 2.45) is 0 Å². The van der Waals surface area contributed by atoms with Crippen molar-refractivity contribution in [1.29, 1.82) is 0 Å². The largest absolute Gasteiger partial charge is 0.493 e. The number of hydrogen-bond donors (Lipinski definition) is 0. The second-order valence-corrected chi connectivity index (χ2v) is 3.75. The van der Waals surface area contributed by atoms with E-state index in [4.69, 9.17) is 14.2 Å². The highest BCUT2D eigenvalue weighted by atomic mass is 16.5. The maximum absolute atomic E-state index is 11.6. The predicted molar refractivity (Wildman–Crippen MR) is 58.1 cm³/mol. The Labute approximate surface area is 94.1 Å². The van der Waals surface area contributed by atoms with Crippen LogP contribution in [0.25, 0.3) is 0 Å². The quantitative estimate of drug-likeness (QED) is 0.716. The summed E-state index contributed by atoms with van der Waals surface area (Å²) in [6, 6.07) is 3.43. The van der Waals surface area contributed by atoms with Gasteiger partial charge in [-0.3, -0.25) is 0 Å². The second-order valence-electron chi connectivity index (χ2n) is 3.75. The van der Waals surface area contributed by atoms with E-state index >= 15 is 0 Å². The lowest BCUT2D eigenvalue weighted by atomic mass is 9.97. The van der Waals surface area contributed by atoms with Crippen LogP contribution in [0.5, 0.6) is 11.5 Å². The van der Waals surface area contributed by atoms with Crippen LogP contribution >= 0.6 is 0 Å². The van der Waals surface area contributed by atoms with Gasteiger partial charge in [0.05, 0.1) is 19.8 Å². The highest BCUT2D eigenvalue weighted by molar-refractivity contribution is 5.93. The van der Waals surface area contributed by atoms with Gasteiger partial charge in [0, 0.05) is 12.0 Å². The van der Waals surface area contributed by atoms with Gasteiger partial charge in [0.25, 0.3) is 0 Å². The molecule has 0 bridgehead atoms. The first-order valence-corrected chi connectivity index (χ1v) is 5.12. The molecule has 1 aromatic carbocycles. The van der Waals surface area contributed by atoms with Crippen LogP contribution in [-0.2, 0) is 11.2 Å². The third kappa shape index (κ3) is 1.60. The lowest BCUT2D eigenvalue weighted by Gasteiger charge is -2.24. The second kappa shape index (κ2) is 4.04. The number of carbonyl (C=O) groups is 1. The number of methoxy groups -OCH3 is 2. The fourth-order valence-electron chi connectivity index (χ4n) is 1.96. The van der Waals surface area contributed by atoms with Crippen molar-refractivity contribution in [2.75, 3.05) is 14.2 Å². The molecule has 0 aliphatic carbocycles. The molecule has 0 saturated heterocycles. The molecule has 1 aliphatic rings. The molecule has 0 aromatic heterocycles. The Kier molecular flexibility index (Phi) is 2.73. The number of fused-ring (bicyclic) bond motifs is 1. The van der Waals surface area contributed by atoms with Crippen molar-refractivity contribution in [1.82, 2.24) is 0 Å². The summed E-state index contributed by atoms with van der Waals surface area (Å²) in [6.45, 7) is 1.86. The summed E-state index contributed by atoms with van der Waals surface area (Å²) >= 11 is 0. The third-order valence-electron chi connectivity index (χ3n) is 2.67. The average molecular weight is 222 g/mol. The Morgan fingerprint density at radius 2 is 2.06 bits per heavy atom. The SMILES string of the molecule is COc1ccc2c(c1OC)CC(C)OC2=O. The van der Waals surface area contributed by atoms with Gasteiger partial charge in [-0.1, -0.05) is 0 Å². The first-order chi connectivity index (χ1) is 7.67. The molecule has 0 amide bonds. The van der Waals surface area contributed by atoms with Gasteiger partial charge < -0.3 is 14.2 Å². The zero-order chi connectivity index (χ0) is 11.7. The van der Waals surface area contributed by atoms with Gasteiger partial charge in [-0.25, -0.2) is 4.79 Å². The zero-order valence-corrected chi connectivity index (χ0v) is 9.57. The van der Waals surface area contributed by atoms with Crippen molar-refractivity contribution < 1.29 is 19.0 Å². The molecule has 0 N–H and O–H groups in total. The summed E-state index contributed by atoms with van der Waals surface area (Å²) in [5.74, 6) is 0.973. The molecule has 1 atom stereocenters. The van der Waals surface area contributed by atoms with Crippen molar-refractivity contribution in [3.8, 4) is 11.5 Å². The molecule has 4 nitrogen and oxygen atoms in total. The summed E-state index contributed by atoms with van der Waals surface area (Å²) in [7, 11) is 3.15. The van der Waals surface area contributed by atoms with Crippen molar-refractivity contribution >= 4 is 5.97 Å². The summed E-state index contributed by atoms with van der Waals surface area (Å²) < 4.78 is 15.6. The van der Waals surface area contributed by atoms with Crippen LogP contribution < -0.4 is 9.47 Å². The molecule has 16 heavy (non-hydrogen) atoms. The Bertz CT molecular complexity index is 425. The molecular formula is C12H14O4. The molecule has 0 radical (unpaired) electrons. The molecular weight excluding hydrogens is 208 g/mol. The molecule has 0 spiro atoms. The van der Waals surface area contributed by atoms with Crippen LogP contribution in [0.4, 0.5) is 0 Å². The molecule has 1 heterocycles. The first-order valence-electron chi connectivity index (χ1n) is 5.12. The summed E-state index contributed by atoms with van der Waals surface area (Å²) in [5, 5.41) is 0. The molecule has 1 unspecified atom stereocenters. The molecule has 2 rings (SSSR count). The van der Waals surface area contributed by atoms with Crippen LogP contribution in [0, 0.1) is 0 Å². The smallest absolute Gasteiger partial charge is 0.338 e. The Morgan fingerprint density at radius 1 is 1.31 bits per heavy atom. The van der Waals surface area contributed by atoms with Crippen molar-refractivity contribution in [3.63, 3.8) is 0 Å². The van der Waals surface area contributed by atoms with Gasteiger partial charge in [-0.2, -0.15) is 0 Å². The van der Waals surface area contributed by atoms with E-state index in [1.165, 1.54) is 0 Å². The Balaban J connectivity index is 2.58. The number of cyclic esters (lactones) is 1. The lowest BCUT2D eigenvalue weighted by molar-refractivity contribution is 0.0298. The van der Waals surface area contributed by atoms with E-state index in [0.29, 0.717) is 23.5 Å². The summed E-state index contributed by atoms with van der Waals surface area (Å²) in [4.78, 5) is 11.6. The van der Waals surface area contributed by atoms with Crippen molar-refractivity contribution in [3.05, 3.63) is 23.3 Å². The average Bonchev–Trinajstić information content (AvgIpc) is 2.27. The number of carbonyl (C=O) groups excluding carboxylic acids is 1. The zero-order valence-electron chi connectivity index (χ0n) is 9.57. The van der Waals surface area contributed by atoms with Gasteiger partial charge >= 0.3 is 5.97 Å². The number of rotatable bonds is 2. The minimum absolute atomic E-state index is 0.124. The molecule has 86 valence electrons. The highest BCUT2D eigenvalue weighted by Crippen LogP contribution is 2.36. The number of ether oxygens (including phenoxy) is 3. The van der Waals surface area contributed by atoms with Gasteiger partial charge in [0.1, 0.15) is 6.10 Å². The van der Waals surface area contributed by atoms with Gasteiger partial charge in [0.15, 0.2) is 11.5 Å². The predicted octanol–water partition coefficient (Wildman–Crippen LogP) is 1.81.